The lowest BCUT2D eigenvalue weighted by Gasteiger charge is -2.00. The Morgan fingerprint density at radius 1 is 0.950 bits per heavy atom. The summed E-state index contributed by atoms with van der Waals surface area (Å²) in [7, 11) is 0. The number of rotatable bonds is 12. The lowest BCUT2D eigenvalue weighted by Crippen LogP contribution is -1.93. The highest BCUT2D eigenvalue weighted by Gasteiger charge is 1.96. The normalized spacial score (nSPS) is 8.65. The molecule has 0 aromatic rings. The topological polar surface area (TPSA) is 78.0 Å². The van der Waals surface area contributed by atoms with Crippen LogP contribution in [-0.4, -0.2) is 16.6 Å². The maximum absolute atomic E-state index is 10.2. The minimum Gasteiger partial charge on any atom is -0.481 e. The Bertz CT molecular complexity index is 209. The molecule has 4 heteroatoms. The molecule has 3 N–H and O–H groups in total. The minimum atomic E-state index is -0.659. The van der Waals surface area contributed by atoms with Crippen molar-refractivity contribution in [2.24, 2.45) is 0 Å². The number of hydrogen-bond donors (Lipinski definition) is 1. The molecule has 20 heavy (non-hydrogen) atoms. The van der Waals surface area contributed by atoms with Crippen molar-refractivity contribution in [1.82, 2.24) is 0 Å². The Balaban J connectivity index is -0.000000414. The fourth-order valence-electron chi connectivity index (χ4n) is 1.65. The first-order valence-electron chi connectivity index (χ1n) is 7.28. The Morgan fingerprint density at radius 3 is 1.65 bits per heavy atom. The molecule has 0 fully saturated rings. The van der Waals surface area contributed by atoms with Gasteiger partial charge in [0.05, 0.1) is 12.5 Å². The summed E-state index contributed by atoms with van der Waals surface area (Å²) < 4.78 is 4.36. The van der Waals surface area contributed by atoms with E-state index in [-0.39, 0.29) is 5.48 Å². The van der Waals surface area contributed by atoms with Crippen LogP contribution >= 0.6 is 0 Å². The molecule has 0 aromatic carbocycles. The van der Waals surface area contributed by atoms with Gasteiger partial charge in [0.1, 0.15) is 0 Å². The standard InChI is InChI=1S/C12H24O2.C4H6O.H2O/c1-2-3-4-5-6-7-8-9-10-11-12(13)14;1-3-5-4-2;/h2-11H2,1H3,(H,13,14);3-4H,1-2H2;1H2. The van der Waals surface area contributed by atoms with E-state index in [1.807, 2.05) is 0 Å². The summed E-state index contributed by atoms with van der Waals surface area (Å²) in [5.41, 5.74) is 0. The Kier molecular flexibility index (Phi) is 27.2. The van der Waals surface area contributed by atoms with Crippen molar-refractivity contribution in [2.75, 3.05) is 0 Å². The molecule has 0 aliphatic rings. The van der Waals surface area contributed by atoms with Crippen LogP contribution in [0.25, 0.3) is 0 Å². The van der Waals surface area contributed by atoms with E-state index in [9.17, 15) is 4.79 Å². The summed E-state index contributed by atoms with van der Waals surface area (Å²) in [6.07, 6.45) is 14.1. The number of carboxylic acids is 1. The average molecular weight is 288 g/mol. The van der Waals surface area contributed by atoms with Crippen molar-refractivity contribution in [1.29, 1.82) is 0 Å². The molecule has 0 radical (unpaired) electrons. The SMILES string of the molecule is C=COC=C.CCCCCCCCCCCC(=O)O.O. The van der Waals surface area contributed by atoms with E-state index >= 15 is 0 Å². The van der Waals surface area contributed by atoms with Crippen LogP contribution in [0.4, 0.5) is 0 Å². The first-order valence-corrected chi connectivity index (χ1v) is 7.28. The van der Waals surface area contributed by atoms with Gasteiger partial charge in [-0.05, 0) is 6.42 Å². The third-order valence-corrected chi connectivity index (χ3v) is 2.69. The molecular weight excluding hydrogens is 256 g/mol. The van der Waals surface area contributed by atoms with Crippen molar-refractivity contribution >= 4 is 5.97 Å². The number of aliphatic carboxylic acids is 1. The van der Waals surface area contributed by atoms with E-state index in [1.165, 1.54) is 57.5 Å². The molecule has 0 spiro atoms. The number of hydrogen-bond acceptors (Lipinski definition) is 2. The van der Waals surface area contributed by atoms with Crippen LogP contribution in [0.5, 0.6) is 0 Å². The van der Waals surface area contributed by atoms with Gasteiger partial charge in [-0.15, -0.1) is 0 Å². The zero-order valence-corrected chi connectivity index (χ0v) is 12.9. The molecule has 0 amide bonds. The average Bonchev–Trinajstić information content (AvgIpc) is 2.38. The van der Waals surface area contributed by atoms with Gasteiger partial charge in [0.25, 0.3) is 0 Å². The summed E-state index contributed by atoms with van der Waals surface area (Å²) >= 11 is 0. The third kappa shape index (κ3) is 30.1. The second kappa shape index (κ2) is 22.9. The number of ether oxygens (including phenoxy) is 1. The molecule has 0 saturated heterocycles. The van der Waals surface area contributed by atoms with Crippen LogP contribution in [0.2, 0.25) is 0 Å². The van der Waals surface area contributed by atoms with E-state index in [2.05, 4.69) is 24.8 Å². The van der Waals surface area contributed by atoms with Gasteiger partial charge in [-0.2, -0.15) is 0 Å². The molecule has 0 aromatic heterocycles. The number of carbonyl (C=O) groups is 1. The largest absolute Gasteiger partial charge is 0.481 e. The van der Waals surface area contributed by atoms with Crippen LogP contribution < -0.4 is 0 Å². The van der Waals surface area contributed by atoms with Gasteiger partial charge in [0, 0.05) is 6.42 Å². The lowest BCUT2D eigenvalue weighted by molar-refractivity contribution is -0.137. The van der Waals surface area contributed by atoms with E-state index < -0.39 is 5.97 Å². The summed E-state index contributed by atoms with van der Waals surface area (Å²) in [6, 6.07) is 0. The van der Waals surface area contributed by atoms with Gasteiger partial charge in [0.15, 0.2) is 0 Å². The van der Waals surface area contributed by atoms with E-state index in [0.717, 1.165) is 12.8 Å². The van der Waals surface area contributed by atoms with Crippen molar-refractivity contribution in [2.45, 2.75) is 71.1 Å². The Morgan fingerprint density at radius 2 is 1.35 bits per heavy atom. The van der Waals surface area contributed by atoms with Crippen LogP contribution in [0, 0.1) is 0 Å². The predicted molar refractivity (Wildman–Crippen MR) is 84.6 cm³/mol. The molecular formula is C16H32O4. The third-order valence-electron chi connectivity index (χ3n) is 2.69. The van der Waals surface area contributed by atoms with E-state index in [4.69, 9.17) is 5.11 Å². The van der Waals surface area contributed by atoms with Crippen molar-refractivity contribution in [3.63, 3.8) is 0 Å². The highest BCUT2D eigenvalue weighted by molar-refractivity contribution is 5.66. The molecule has 4 nitrogen and oxygen atoms in total. The van der Waals surface area contributed by atoms with Crippen molar-refractivity contribution in [3.8, 4) is 0 Å². The zero-order chi connectivity index (χ0) is 14.8. The van der Waals surface area contributed by atoms with Crippen LogP contribution in [0.3, 0.4) is 0 Å². The fraction of sp³-hybridized carbons (Fsp3) is 0.688. The van der Waals surface area contributed by atoms with Crippen molar-refractivity contribution in [3.05, 3.63) is 25.7 Å². The maximum Gasteiger partial charge on any atom is 0.303 e. The Labute approximate surface area is 123 Å². The van der Waals surface area contributed by atoms with Gasteiger partial charge < -0.3 is 15.3 Å². The van der Waals surface area contributed by atoms with Gasteiger partial charge in [-0.3, -0.25) is 4.79 Å². The maximum atomic E-state index is 10.2. The summed E-state index contributed by atoms with van der Waals surface area (Å²) in [5, 5.41) is 8.41. The Hall–Kier alpha value is -1.29. The summed E-state index contributed by atoms with van der Waals surface area (Å²) in [4.78, 5) is 10.2. The second-order valence-electron chi connectivity index (χ2n) is 4.44. The summed E-state index contributed by atoms with van der Waals surface area (Å²) in [6.45, 7) is 8.74. The first kappa shape index (κ1) is 23.8. The molecule has 0 aliphatic carbocycles. The smallest absolute Gasteiger partial charge is 0.303 e. The lowest BCUT2D eigenvalue weighted by atomic mass is 10.1. The highest BCUT2D eigenvalue weighted by Crippen LogP contribution is 2.10. The van der Waals surface area contributed by atoms with Gasteiger partial charge in [-0.1, -0.05) is 71.4 Å². The van der Waals surface area contributed by atoms with Gasteiger partial charge in [0.2, 0.25) is 0 Å². The van der Waals surface area contributed by atoms with Crippen LogP contribution in [0.1, 0.15) is 71.1 Å². The van der Waals surface area contributed by atoms with E-state index in [0.29, 0.717) is 6.42 Å². The quantitative estimate of drug-likeness (QED) is 0.425. The van der Waals surface area contributed by atoms with Crippen LogP contribution in [-0.2, 0) is 9.53 Å². The predicted octanol–water partition coefficient (Wildman–Crippen LogP) is 4.46. The molecule has 120 valence electrons. The van der Waals surface area contributed by atoms with Crippen LogP contribution in [0.15, 0.2) is 25.7 Å². The molecule has 0 atom stereocenters. The molecule has 0 rings (SSSR count). The molecule has 0 saturated carbocycles. The molecule has 0 bridgehead atoms. The van der Waals surface area contributed by atoms with E-state index in [1.54, 1.807) is 0 Å². The molecule has 0 aliphatic heterocycles. The zero-order valence-electron chi connectivity index (χ0n) is 12.9. The number of carboxylic acid groups (broad SMARTS) is 1. The first-order chi connectivity index (χ1) is 9.18. The number of unbranched alkanes of at least 4 members (excludes halogenated alkanes) is 8. The monoisotopic (exact) mass is 288 g/mol. The minimum absolute atomic E-state index is 0. The molecule has 0 unspecified atom stereocenters. The highest BCUT2D eigenvalue weighted by atomic mass is 16.5. The van der Waals surface area contributed by atoms with Crippen molar-refractivity contribution < 1.29 is 20.1 Å². The van der Waals surface area contributed by atoms with Gasteiger partial charge in [-0.25, -0.2) is 0 Å². The molecule has 0 heterocycles. The fourth-order valence-corrected chi connectivity index (χ4v) is 1.65. The second-order valence-corrected chi connectivity index (χ2v) is 4.44. The van der Waals surface area contributed by atoms with Gasteiger partial charge >= 0.3 is 5.97 Å². The summed E-state index contributed by atoms with van der Waals surface area (Å²) in [5.74, 6) is -0.659.